The van der Waals surface area contributed by atoms with Crippen LogP contribution in [0.15, 0.2) is 35.2 Å². The number of carbonyl (C=O) groups excluding carboxylic acids is 2. The van der Waals surface area contributed by atoms with Crippen LogP contribution in [0.25, 0.3) is 0 Å². The largest absolute Gasteiger partial charge is 0.496 e. The fourth-order valence-electron chi connectivity index (χ4n) is 3.57. The van der Waals surface area contributed by atoms with Gasteiger partial charge in [0.2, 0.25) is 0 Å². The summed E-state index contributed by atoms with van der Waals surface area (Å²) in [5, 5.41) is 5.69. The number of hydrogen-bond acceptors (Lipinski definition) is 6. The second-order valence-electron chi connectivity index (χ2n) is 7.42. The van der Waals surface area contributed by atoms with E-state index in [1.807, 2.05) is 11.6 Å². The van der Waals surface area contributed by atoms with Gasteiger partial charge in [-0.3, -0.25) is 4.79 Å². The normalized spacial score (nSPS) is 15.1. The third kappa shape index (κ3) is 5.69. The third-order valence-corrected chi connectivity index (χ3v) is 6.77. The Morgan fingerprint density at radius 3 is 2.64 bits per heavy atom. The Balaban J connectivity index is 1.84. The van der Waals surface area contributed by atoms with E-state index in [4.69, 9.17) is 21.1 Å². The van der Waals surface area contributed by atoms with Gasteiger partial charge in [0.05, 0.1) is 23.6 Å². The van der Waals surface area contributed by atoms with Gasteiger partial charge < -0.3 is 20.1 Å². The number of sulfonamides is 1. The number of rotatable bonds is 7. The van der Waals surface area contributed by atoms with Gasteiger partial charge in [0.25, 0.3) is 15.9 Å². The molecule has 0 saturated carbocycles. The van der Waals surface area contributed by atoms with Crippen molar-refractivity contribution in [3.8, 4) is 11.5 Å². The Kier molecular flexibility index (Phi) is 7.70. The van der Waals surface area contributed by atoms with Gasteiger partial charge >= 0.3 is 6.03 Å². The minimum atomic E-state index is -4.09. The lowest BCUT2D eigenvalue weighted by Crippen LogP contribution is -2.43. The van der Waals surface area contributed by atoms with Crippen molar-refractivity contribution in [2.24, 2.45) is 0 Å². The highest BCUT2D eigenvalue weighted by Gasteiger charge is 2.28. The van der Waals surface area contributed by atoms with Gasteiger partial charge in [0.1, 0.15) is 18.1 Å². The molecule has 3 rings (SSSR count). The number of carbonyl (C=O) groups is 2. The number of nitrogens with one attached hydrogen (secondary N) is 3. The molecule has 0 bridgehead atoms. The molecule has 178 valence electrons. The van der Waals surface area contributed by atoms with Crippen molar-refractivity contribution in [3.05, 3.63) is 52.0 Å². The Morgan fingerprint density at radius 2 is 1.97 bits per heavy atom. The van der Waals surface area contributed by atoms with E-state index in [2.05, 4.69) is 10.6 Å². The molecule has 3 N–H and O–H groups in total. The maximum atomic E-state index is 12.8. The van der Waals surface area contributed by atoms with Gasteiger partial charge in [0, 0.05) is 11.6 Å². The topological polar surface area (TPSA) is 123 Å². The fourth-order valence-corrected chi connectivity index (χ4v) is 5.01. The van der Waals surface area contributed by atoms with Gasteiger partial charge in [-0.25, -0.2) is 17.9 Å². The lowest BCUT2D eigenvalue weighted by atomic mass is 9.99. The molecule has 9 nitrogen and oxygen atoms in total. The van der Waals surface area contributed by atoms with Crippen LogP contribution in [0, 0.1) is 0 Å². The van der Waals surface area contributed by atoms with Crippen LogP contribution in [0.4, 0.5) is 4.79 Å². The van der Waals surface area contributed by atoms with Gasteiger partial charge in [-0.05, 0) is 61.2 Å². The maximum Gasteiger partial charge on any atom is 0.328 e. The van der Waals surface area contributed by atoms with Crippen molar-refractivity contribution in [2.75, 3.05) is 20.3 Å². The summed E-state index contributed by atoms with van der Waals surface area (Å²) in [6, 6.07) is 6.70. The van der Waals surface area contributed by atoms with Crippen molar-refractivity contribution >= 4 is 33.6 Å². The van der Waals surface area contributed by atoms with Crippen molar-refractivity contribution in [2.45, 2.75) is 37.6 Å². The second-order valence-corrected chi connectivity index (χ2v) is 9.50. The van der Waals surface area contributed by atoms with Crippen LogP contribution in [-0.2, 0) is 22.9 Å². The lowest BCUT2D eigenvalue weighted by Gasteiger charge is -2.27. The minimum Gasteiger partial charge on any atom is -0.496 e. The maximum absolute atomic E-state index is 12.8. The smallest absolute Gasteiger partial charge is 0.328 e. The highest BCUT2D eigenvalue weighted by molar-refractivity contribution is 7.90. The first-order valence-electron chi connectivity index (χ1n) is 10.4. The molecule has 1 heterocycles. The monoisotopic (exact) mass is 495 g/mol. The molecule has 0 radical (unpaired) electrons. The van der Waals surface area contributed by atoms with Gasteiger partial charge in [0.15, 0.2) is 0 Å². The van der Waals surface area contributed by atoms with Gasteiger partial charge in [-0.15, -0.1) is 0 Å². The van der Waals surface area contributed by atoms with Crippen LogP contribution < -0.4 is 24.8 Å². The minimum absolute atomic E-state index is 0.00194. The Morgan fingerprint density at radius 1 is 1.21 bits per heavy atom. The van der Waals surface area contributed by atoms with E-state index in [1.54, 1.807) is 25.1 Å². The van der Waals surface area contributed by atoms with Crippen LogP contribution in [0.5, 0.6) is 11.5 Å². The van der Waals surface area contributed by atoms with Crippen LogP contribution in [-0.4, -0.2) is 46.7 Å². The first-order valence-corrected chi connectivity index (χ1v) is 12.3. The molecular weight excluding hydrogens is 470 g/mol. The third-order valence-electron chi connectivity index (χ3n) is 5.13. The average Bonchev–Trinajstić information content (AvgIpc) is 2.77. The number of halogens is 1. The number of methoxy groups -OCH3 is 1. The molecule has 3 amide bonds. The van der Waals surface area contributed by atoms with E-state index >= 15 is 0 Å². The van der Waals surface area contributed by atoms with Crippen molar-refractivity contribution in [1.29, 1.82) is 0 Å². The summed E-state index contributed by atoms with van der Waals surface area (Å²) < 4.78 is 38.7. The Labute approximate surface area is 197 Å². The van der Waals surface area contributed by atoms with E-state index in [1.165, 1.54) is 19.2 Å². The van der Waals surface area contributed by atoms with Crippen molar-refractivity contribution in [3.63, 3.8) is 0 Å². The molecule has 0 aliphatic carbocycles. The number of ether oxygens (including phenoxy) is 2. The zero-order chi connectivity index (χ0) is 24.2. The number of aryl methyl sites for hydroxylation is 1. The SMILES string of the molecule is CCNC(=O)NS(=O)(=O)c1cc2c(cc1CC)OCC(NC(=O)c1cc(Cl)ccc1OC)C2. The number of amides is 3. The molecule has 0 spiro atoms. The van der Waals surface area contributed by atoms with E-state index < -0.39 is 22.1 Å². The van der Waals surface area contributed by atoms with Crippen LogP contribution >= 0.6 is 11.6 Å². The number of benzene rings is 2. The van der Waals surface area contributed by atoms with E-state index in [0.717, 1.165) is 0 Å². The Hall–Kier alpha value is -2.98. The van der Waals surface area contributed by atoms with Crippen LogP contribution in [0.2, 0.25) is 5.02 Å². The summed E-state index contributed by atoms with van der Waals surface area (Å²) >= 11 is 6.02. The summed E-state index contributed by atoms with van der Waals surface area (Å²) in [6.07, 6.45) is 0.772. The molecule has 1 aliphatic heterocycles. The molecule has 2 aromatic rings. The molecule has 0 aromatic heterocycles. The highest BCUT2D eigenvalue weighted by atomic mass is 35.5. The molecule has 11 heteroatoms. The predicted molar refractivity (Wildman–Crippen MR) is 124 cm³/mol. The quantitative estimate of drug-likeness (QED) is 0.542. The molecule has 1 aliphatic rings. The number of urea groups is 1. The molecule has 0 fully saturated rings. The summed E-state index contributed by atoms with van der Waals surface area (Å²) in [7, 11) is -2.63. The fraction of sp³-hybridized carbons (Fsp3) is 0.364. The number of hydrogen-bond donors (Lipinski definition) is 3. The Bertz CT molecular complexity index is 1170. The second kappa shape index (κ2) is 10.3. The highest BCUT2D eigenvalue weighted by Crippen LogP contribution is 2.31. The molecule has 1 unspecified atom stereocenters. The molecule has 2 aromatic carbocycles. The van der Waals surface area contributed by atoms with Gasteiger partial charge in [-0.2, -0.15) is 0 Å². The standard InChI is InChI=1S/C22H26ClN3O6S/c1-4-13-9-19-14(10-20(13)33(29,30)26-22(28)24-5-2)8-16(12-32-19)25-21(27)17-11-15(23)6-7-18(17)31-3/h6-7,9-11,16H,4-5,8,12H2,1-3H3,(H,25,27)(H2,24,26,28). The first-order chi connectivity index (χ1) is 15.7. The summed E-state index contributed by atoms with van der Waals surface area (Å²) in [6.45, 7) is 4.01. The van der Waals surface area contributed by atoms with Crippen LogP contribution in [0.1, 0.15) is 35.3 Å². The predicted octanol–water partition coefficient (Wildman–Crippen LogP) is 2.65. The molecule has 33 heavy (non-hydrogen) atoms. The summed E-state index contributed by atoms with van der Waals surface area (Å²) in [4.78, 5) is 24.6. The van der Waals surface area contributed by atoms with E-state index in [0.29, 0.717) is 47.0 Å². The van der Waals surface area contributed by atoms with Crippen molar-refractivity contribution < 1.29 is 27.5 Å². The summed E-state index contributed by atoms with van der Waals surface area (Å²) in [5.74, 6) is 0.545. The first kappa shape index (κ1) is 24.7. The van der Waals surface area contributed by atoms with E-state index in [9.17, 15) is 18.0 Å². The molecule has 0 saturated heterocycles. The lowest BCUT2D eigenvalue weighted by molar-refractivity contribution is 0.0912. The van der Waals surface area contributed by atoms with Crippen molar-refractivity contribution in [1.82, 2.24) is 15.4 Å². The van der Waals surface area contributed by atoms with E-state index in [-0.39, 0.29) is 23.0 Å². The number of fused-ring (bicyclic) bond motifs is 1. The molecule has 1 atom stereocenters. The molecular formula is C22H26ClN3O6S. The zero-order valence-electron chi connectivity index (χ0n) is 18.5. The zero-order valence-corrected chi connectivity index (χ0v) is 20.1. The summed E-state index contributed by atoms with van der Waals surface area (Å²) in [5.41, 5.74) is 1.42. The average molecular weight is 496 g/mol. The van der Waals surface area contributed by atoms with Crippen LogP contribution in [0.3, 0.4) is 0 Å². The van der Waals surface area contributed by atoms with Gasteiger partial charge in [-0.1, -0.05) is 18.5 Å².